The van der Waals surface area contributed by atoms with Crippen molar-refractivity contribution < 1.29 is 4.74 Å². The second-order valence-corrected chi connectivity index (χ2v) is 3.72. The average Bonchev–Trinajstić information content (AvgIpc) is 2.22. The summed E-state index contributed by atoms with van der Waals surface area (Å²) in [6, 6.07) is 6.20. The molecule has 1 atom stereocenters. The van der Waals surface area contributed by atoms with E-state index in [1.54, 1.807) is 0 Å². The van der Waals surface area contributed by atoms with Crippen molar-refractivity contribution in [2.75, 3.05) is 24.3 Å². The summed E-state index contributed by atoms with van der Waals surface area (Å²) < 4.78 is 5.34. The van der Waals surface area contributed by atoms with E-state index in [0.717, 1.165) is 23.5 Å². The summed E-state index contributed by atoms with van der Waals surface area (Å²) >= 11 is 0. The van der Waals surface area contributed by atoms with Gasteiger partial charge in [0.1, 0.15) is 0 Å². The summed E-state index contributed by atoms with van der Waals surface area (Å²) in [6.45, 7) is 7.58. The van der Waals surface area contributed by atoms with Crippen molar-refractivity contribution in [1.82, 2.24) is 0 Å². The molecular formula is C12H20N2O. The summed E-state index contributed by atoms with van der Waals surface area (Å²) in [5.74, 6) is 0. The van der Waals surface area contributed by atoms with E-state index in [0.29, 0.717) is 12.6 Å². The minimum Gasteiger partial charge on any atom is -0.398 e. The van der Waals surface area contributed by atoms with Crippen LogP contribution in [0.4, 0.5) is 11.4 Å². The maximum absolute atomic E-state index is 5.83. The van der Waals surface area contributed by atoms with Crippen molar-refractivity contribution in [1.29, 1.82) is 0 Å². The quantitative estimate of drug-likeness (QED) is 0.730. The standard InChI is InChI=1S/C12H20N2O/c1-4-15-8-9(2)14-12-7-5-6-11(13)10(12)3/h5-7,9,14H,4,8,13H2,1-3H3. The Hall–Kier alpha value is -1.22. The number of nitrogens with one attached hydrogen (secondary N) is 1. The molecule has 0 saturated carbocycles. The number of rotatable bonds is 5. The number of ether oxygens (including phenoxy) is 1. The lowest BCUT2D eigenvalue weighted by Gasteiger charge is -2.17. The Kier molecular flexibility index (Phi) is 4.43. The van der Waals surface area contributed by atoms with Gasteiger partial charge in [-0.2, -0.15) is 0 Å². The van der Waals surface area contributed by atoms with Gasteiger partial charge in [-0.1, -0.05) is 6.07 Å². The highest BCUT2D eigenvalue weighted by molar-refractivity contribution is 5.63. The van der Waals surface area contributed by atoms with E-state index >= 15 is 0 Å². The van der Waals surface area contributed by atoms with Gasteiger partial charge >= 0.3 is 0 Å². The number of nitrogen functional groups attached to an aromatic ring is 1. The fourth-order valence-electron chi connectivity index (χ4n) is 1.41. The molecule has 15 heavy (non-hydrogen) atoms. The molecule has 0 heterocycles. The molecule has 0 saturated heterocycles. The first-order valence-corrected chi connectivity index (χ1v) is 5.34. The van der Waals surface area contributed by atoms with Gasteiger partial charge in [-0.15, -0.1) is 0 Å². The molecule has 0 aliphatic heterocycles. The van der Waals surface area contributed by atoms with Crippen molar-refractivity contribution in [3.05, 3.63) is 23.8 Å². The lowest BCUT2D eigenvalue weighted by atomic mass is 10.1. The van der Waals surface area contributed by atoms with E-state index in [4.69, 9.17) is 10.5 Å². The van der Waals surface area contributed by atoms with Crippen LogP contribution in [0.2, 0.25) is 0 Å². The summed E-state index contributed by atoms with van der Waals surface area (Å²) in [6.07, 6.45) is 0. The van der Waals surface area contributed by atoms with Crippen LogP contribution >= 0.6 is 0 Å². The third kappa shape index (κ3) is 3.44. The number of hydrogen-bond donors (Lipinski definition) is 2. The number of anilines is 2. The van der Waals surface area contributed by atoms with Gasteiger partial charge in [0.2, 0.25) is 0 Å². The van der Waals surface area contributed by atoms with Gasteiger partial charge < -0.3 is 15.8 Å². The predicted molar refractivity (Wildman–Crippen MR) is 65.2 cm³/mol. The Morgan fingerprint density at radius 2 is 2.20 bits per heavy atom. The highest BCUT2D eigenvalue weighted by atomic mass is 16.5. The zero-order chi connectivity index (χ0) is 11.3. The number of hydrogen-bond acceptors (Lipinski definition) is 3. The molecule has 0 fully saturated rings. The zero-order valence-electron chi connectivity index (χ0n) is 9.71. The summed E-state index contributed by atoms with van der Waals surface area (Å²) in [5, 5.41) is 3.38. The third-order valence-electron chi connectivity index (χ3n) is 2.35. The molecular weight excluding hydrogens is 188 g/mol. The second-order valence-electron chi connectivity index (χ2n) is 3.72. The predicted octanol–water partition coefficient (Wildman–Crippen LogP) is 2.41. The van der Waals surface area contributed by atoms with Gasteiger partial charge in [0, 0.05) is 24.0 Å². The van der Waals surface area contributed by atoms with Crippen molar-refractivity contribution in [3.63, 3.8) is 0 Å². The van der Waals surface area contributed by atoms with Crippen LogP contribution in [-0.4, -0.2) is 19.3 Å². The van der Waals surface area contributed by atoms with Crippen molar-refractivity contribution in [2.24, 2.45) is 0 Å². The van der Waals surface area contributed by atoms with Crippen molar-refractivity contribution >= 4 is 11.4 Å². The van der Waals surface area contributed by atoms with Crippen LogP contribution in [0.15, 0.2) is 18.2 Å². The first-order valence-electron chi connectivity index (χ1n) is 5.34. The number of nitrogens with two attached hydrogens (primary N) is 1. The first-order chi connectivity index (χ1) is 7.15. The van der Waals surface area contributed by atoms with Crippen LogP contribution in [0, 0.1) is 6.92 Å². The SMILES string of the molecule is CCOCC(C)Nc1cccc(N)c1C. The van der Waals surface area contributed by atoms with Crippen LogP contribution in [-0.2, 0) is 4.74 Å². The lowest BCUT2D eigenvalue weighted by molar-refractivity contribution is 0.141. The van der Waals surface area contributed by atoms with E-state index < -0.39 is 0 Å². The topological polar surface area (TPSA) is 47.3 Å². The third-order valence-corrected chi connectivity index (χ3v) is 2.35. The van der Waals surface area contributed by atoms with Crippen LogP contribution < -0.4 is 11.1 Å². The molecule has 0 radical (unpaired) electrons. The molecule has 84 valence electrons. The molecule has 0 aliphatic rings. The molecule has 3 N–H and O–H groups in total. The first kappa shape index (κ1) is 11.9. The fourth-order valence-corrected chi connectivity index (χ4v) is 1.41. The zero-order valence-corrected chi connectivity index (χ0v) is 9.71. The number of benzene rings is 1. The molecule has 1 rings (SSSR count). The molecule has 3 heteroatoms. The average molecular weight is 208 g/mol. The molecule has 0 bridgehead atoms. The highest BCUT2D eigenvalue weighted by Gasteiger charge is 2.05. The van der Waals surface area contributed by atoms with Gasteiger partial charge in [-0.3, -0.25) is 0 Å². The molecule has 3 nitrogen and oxygen atoms in total. The Bertz CT molecular complexity index is 312. The maximum Gasteiger partial charge on any atom is 0.0664 e. The normalized spacial score (nSPS) is 12.5. The Morgan fingerprint density at radius 1 is 1.47 bits per heavy atom. The van der Waals surface area contributed by atoms with Crippen LogP contribution in [0.5, 0.6) is 0 Å². The summed E-state index contributed by atoms with van der Waals surface area (Å²) in [4.78, 5) is 0. The molecule has 1 aromatic rings. The molecule has 0 aliphatic carbocycles. The largest absolute Gasteiger partial charge is 0.398 e. The van der Waals surface area contributed by atoms with E-state index in [1.165, 1.54) is 0 Å². The maximum atomic E-state index is 5.83. The van der Waals surface area contributed by atoms with Gasteiger partial charge in [-0.25, -0.2) is 0 Å². The van der Waals surface area contributed by atoms with Crippen LogP contribution in [0.25, 0.3) is 0 Å². The molecule has 1 aromatic carbocycles. The smallest absolute Gasteiger partial charge is 0.0664 e. The minimum atomic E-state index is 0.297. The van der Waals surface area contributed by atoms with Gasteiger partial charge in [0.15, 0.2) is 0 Å². The lowest BCUT2D eigenvalue weighted by Crippen LogP contribution is -2.22. The van der Waals surface area contributed by atoms with Gasteiger partial charge in [0.25, 0.3) is 0 Å². The highest BCUT2D eigenvalue weighted by Crippen LogP contribution is 2.20. The van der Waals surface area contributed by atoms with E-state index in [2.05, 4.69) is 12.2 Å². The van der Waals surface area contributed by atoms with Crippen molar-refractivity contribution in [2.45, 2.75) is 26.8 Å². The Labute approximate surface area is 91.6 Å². The minimum absolute atomic E-state index is 0.297. The molecule has 0 amide bonds. The molecule has 1 unspecified atom stereocenters. The monoisotopic (exact) mass is 208 g/mol. The summed E-state index contributed by atoms with van der Waals surface area (Å²) in [5.41, 5.74) is 8.83. The second kappa shape index (κ2) is 5.61. The van der Waals surface area contributed by atoms with E-state index in [1.807, 2.05) is 32.0 Å². The Balaban J connectivity index is 2.60. The molecule has 0 aromatic heterocycles. The van der Waals surface area contributed by atoms with Gasteiger partial charge in [0.05, 0.1) is 6.61 Å². The fraction of sp³-hybridized carbons (Fsp3) is 0.500. The van der Waals surface area contributed by atoms with E-state index in [-0.39, 0.29) is 0 Å². The van der Waals surface area contributed by atoms with E-state index in [9.17, 15) is 0 Å². The molecule has 0 spiro atoms. The van der Waals surface area contributed by atoms with Crippen LogP contribution in [0.3, 0.4) is 0 Å². The van der Waals surface area contributed by atoms with Crippen LogP contribution in [0.1, 0.15) is 19.4 Å². The van der Waals surface area contributed by atoms with Gasteiger partial charge in [-0.05, 0) is 38.5 Å². The summed E-state index contributed by atoms with van der Waals surface area (Å²) in [7, 11) is 0. The Morgan fingerprint density at radius 3 is 2.87 bits per heavy atom. The van der Waals surface area contributed by atoms with Crippen molar-refractivity contribution in [3.8, 4) is 0 Å².